The highest BCUT2D eigenvalue weighted by Gasteiger charge is 2.35. The van der Waals surface area contributed by atoms with Crippen LogP contribution in [0.5, 0.6) is 0 Å². The maximum absolute atomic E-state index is 13.4. The molecule has 1 aromatic carbocycles. The highest BCUT2D eigenvalue weighted by Crippen LogP contribution is 2.28. The van der Waals surface area contributed by atoms with E-state index in [-0.39, 0.29) is 30.6 Å². The molecular formula is C25H33N3O2S. The van der Waals surface area contributed by atoms with Crippen molar-refractivity contribution in [1.29, 1.82) is 0 Å². The largest absolute Gasteiger partial charge is 0.335 e. The van der Waals surface area contributed by atoms with Crippen molar-refractivity contribution in [3.8, 4) is 0 Å². The molecule has 2 aromatic rings. The predicted octanol–water partition coefficient (Wildman–Crippen LogP) is 5.09. The van der Waals surface area contributed by atoms with E-state index in [1.807, 2.05) is 35.2 Å². The lowest BCUT2D eigenvalue weighted by Gasteiger charge is -2.30. The molecule has 0 saturated heterocycles. The van der Waals surface area contributed by atoms with Crippen LogP contribution < -0.4 is 5.32 Å². The number of nitrogens with zero attached hydrogens (tertiary/aromatic N) is 2. The van der Waals surface area contributed by atoms with E-state index in [9.17, 15) is 9.59 Å². The Labute approximate surface area is 189 Å². The molecule has 166 valence electrons. The van der Waals surface area contributed by atoms with Gasteiger partial charge in [-0.15, -0.1) is 11.3 Å². The van der Waals surface area contributed by atoms with E-state index in [0.717, 1.165) is 31.2 Å². The third-order valence-corrected chi connectivity index (χ3v) is 7.18. The molecule has 2 fully saturated rings. The van der Waals surface area contributed by atoms with E-state index in [1.165, 1.54) is 29.0 Å². The maximum Gasteiger partial charge on any atom is 0.318 e. The smallest absolute Gasteiger partial charge is 0.318 e. The zero-order valence-electron chi connectivity index (χ0n) is 18.4. The summed E-state index contributed by atoms with van der Waals surface area (Å²) in [6, 6.07) is 14.7. The molecule has 1 aromatic heterocycles. The molecule has 0 atom stereocenters. The summed E-state index contributed by atoms with van der Waals surface area (Å²) in [5.74, 6) is 0.0144. The lowest BCUT2D eigenvalue weighted by Crippen LogP contribution is -2.50. The summed E-state index contributed by atoms with van der Waals surface area (Å²) < 4.78 is 0. The van der Waals surface area contributed by atoms with E-state index in [0.29, 0.717) is 13.1 Å². The molecular weight excluding hydrogens is 406 g/mol. The van der Waals surface area contributed by atoms with Gasteiger partial charge >= 0.3 is 6.03 Å². The fourth-order valence-electron chi connectivity index (χ4n) is 4.30. The van der Waals surface area contributed by atoms with Crippen LogP contribution in [0.1, 0.15) is 60.3 Å². The van der Waals surface area contributed by atoms with Gasteiger partial charge in [-0.25, -0.2) is 4.79 Å². The summed E-state index contributed by atoms with van der Waals surface area (Å²) >= 11 is 1.72. The lowest BCUT2D eigenvalue weighted by molar-refractivity contribution is -0.133. The minimum atomic E-state index is -0.0608. The molecule has 1 N–H and O–H groups in total. The summed E-state index contributed by atoms with van der Waals surface area (Å²) in [4.78, 5) is 32.5. The first-order valence-electron chi connectivity index (χ1n) is 11.5. The first-order valence-corrected chi connectivity index (χ1v) is 12.3. The summed E-state index contributed by atoms with van der Waals surface area (Å²) in [5, 5.41) is 3.21. The van der Waals surface area contributed by atoms with E-state index in [4.69, 9.17) is 0 Å². The minimum absolute atomic E-state index is 0.0144. The number of nitrogens with one attached hydrogen (secondary N) is 1. The first kappa shape index (κ1) is 21.9. The zero-order chi connectivity index (χ0) is 21.6. The Balaban J connectivity index is 1.44. The Bertz CT molecular complexity index is 872. The van der Waals surface area contributed by atoms with Gasteiger partial charge in [0.1, 0.15) is 6.54 Å². The molecule has 31 heavy (non-hydrogen) atoms. The van der Waals surface area contributed by atoms with Gasteiger partial charge in [-0.05, 0) is 50.3 Å². The molecule has 0 bridgehead atoms. The zero-order valence-corrected chi connectivity index (χ0v) is 19.2. The van der Waals surface area contributed by atoms with Crippen molar-refractivity contribution < 1.29 is 9.59 Å². The van der Waals surface area contributed by atoms with Gasteiger partial charge in [-0.2, -0.15) is 0 Å². The fraction of sp³-hybridized carbons (Fsp3) is 0.520. The molecule has 1 heterocycles. The number of rotatable bonds is 8. The summed E-state index contributed by atoms with van der Waals surface area (Å²) in [6.07, 6.45) is 7.71. The van der Waals surface area contributed by atoms with Crippen LogP contribution in [0.25, 0.3) is 0 Å². The van der Waals surface area contributed by atoms with E-state index >= 15 is 0 Å². The average molecular weight is 440 g/mol. The first-order chi connectivity index (χ1) is 15.1. The molecule has 0 aliphatic heterocycles. The molecule has 4 rings (SSSR count). The van der Waals surface area contributed by atoms with Gasteiger partial charge in [0.15, 0.2) is 0 Å². The van der Waals surface area contributed by atoms with Gasteiger partial charge in [-0.1, -0.05) is 49.6 Å². The van der Waals surface area contributed by atoms with Crippen LogP contribution in [0.4, 0.5) is 4.79 Å². The Morgan fingerprint density at radius 1 is 0.968 bits per heavy atom. The Kier molecular flexibility index (Phi) is 7.28. The quantitative estimate of drug-likeness (QED) is 0.623. The van der Waals surface area contributed by atoms with Crippen molar-refractivity contribution in [1.82, 2.24) is 15.1 Å². The summed E-state index contributed by atoms with van der Waals surface area (Å²) in [5.41, 5.74) is 1.11. The van der Waals surface area contributed by atoms with Crippen LogP contribution in [-0.4, -0.2) is 40.4 Å². The van der Waals surface area contributed by atoms with Crippen molar-refractivity contribution in [2.45, 2.75) is 77.0 Å². The van der Waals surface area contributed by atoms with Crippen molar-refractivity contribution in [3.63, 3.8) is 0 Å². The fourth-order valence-corrected chi connectivity index (χ4v) is 5.20. The SMILES string of the molecule is Cc1ccc(CN(Cc2ccccc2)C(=O)CN(C(=O)NC2CCCCC2)C2CC2)s1. The number of benzene rings is 1. The molecule has 0 unspecified atom stereocenters. The third-order valence-electron chi connectivity index (χ3n) is 6.20. The molecule has 6 heteroatoms. The van der Waals surface area contributed by atoms with Gasteiger partial charge in [0.25, 0.3) is 0 Å². The van der Waals surface area contributed by atoms with Gasteiger partial charge in [0, 0.05) is 28.4 Å². The van der Waals surface area contributed by atoms with Crippen LogP contribution in [0.15, 0.2) is 42.5 Å². The summed E-state index contributed by atoms with van der Waals surface area (Å²) in [6.45, 7) is 3.37. The number of carbonyl (C=O) groups is 2. The molecule has 0 radical (unpaired) electrons. The van der Waals surface area contributed by atoms with Crippen molar-refractivity contribution in [2.75, 3.05) is 6.54 Å². The normalized spacial score (nSPS) is 16.7. The second-order valence-electron chi connectivity index (χ2n) is 8.89. The number of hydrogen-bond acceptors (Lipinski definition) is 3. The summed E-state index contributed by atoms with van der Waals surface area (Å²) in [7, 11) is 0. The molecule has 0 spiro atoms. The van der Waals surface area contributed by atoms with Gasteiger partial charge < -0.3 is 15.1 Å². The number of carbonyl (C=O) groups excluding carboxylic acids is 2. The van der Waals surface area contributed by atoms with Gasteiger partial charge in [-0.3, -0.25) is 4.79 Å². The second kappa shape index (κ2) is 10.3. The lowest BCUT2D eigenvalue weighted by atomic mass is 9.96. The topological polar surface area (TPSA) is 52.7 Å². The van der Waals surface area contributed by atoms with Crippen molar-refractivity contribution >= 4 is 23.3 Å². The Hall–Kier alpha value is -2.34. The van der Waals surface area contributed by atoms with Crippen LogP contribution >= 0.6 is 11.3 Å². The highest BCUT2D eigenvalue weighted by atomic mass is 32.1. The maximum atomic E-state index is 13.4. The van der Waals surface area contributed by atoms with Crippen LogP contribution in [0.2, 0.25) is 0 Å². The Morgan fingerprint density at radius 3 is 2.35 bits per heavy atom. The standard InChI is InChI=1S/C25H33N3O2S/c1-19-12-15-23(31-19)17-27(16-20-8-4-2-5-9-20)24(29)18-28(22-13-14-22)25(30)26-21-10-6-3-7-11-21/h2,4-5,8-9,12,15,21-22H,3,6-7,10-11,13-14,16-18H2,1H3,(H,26,30). The van der Waals surface area contributed by atoms with E-state index in [2.05, 4.69) is 24.4 Å². The average Bonchev–Trinajstić information content (AvgIpc) is 3.54. The van der Waals surface area contributed by atoms with Crippen LogP contribution in [0.3, 0.4) is 0 Å². The highest BCUT2D eigenvalue weighted by molar-refractivity contribution is 7.11. The van der Waals surface area contributed by atoms with Gasteiger partial charge in [0.2, 0.25) is 5.91 Å². The monoisotopic (exact) mass is 439 g/mol. The van der Waals surface area contributed by atoms with Crippen LogP contribution in [-0.2, 0) is 17.9 Å². The number of aryl methyl sites for hydroxylation is 1. The molecule has 2 aliphatic rings. The number of thiophene rings is 1. The minimum Gasteiger partial charge on any atom is -0.335 e. The number of urea groups is 1. The van der Waals surface area contributed by atoms with Crippen molar-refractivity contribution in [3.05, 3.63) is 57.8 Å². The molecule has 2 saturated carbocycles. The number of amides is 3. The number of hydrogen-bond donors (Lipinski definition) is 1. The van der Waals surface area contributed by atoms with E-state index < -0.39 is 0 Å². The Morgan fingerprint density at radius 2 is 1.71 bits per heavy atom. The van der Waals surface area contributed by atoms with E-state index in [1.54, 1.807) is 16.2 Å². The third kappa shape index (κ3) is 6.33. The van der Waals surface area contributed by atoms with Crippen LogP contribution in [0, 0.1) is 6.92 Å². The predicted molar refractivity (Wildman–Crippen MR) is 125 cm³/mol. The second-order valence-corrected chi connectivity index (χ2v) is 10.3. The van der Waals surface area contributed by atoms with Crippen molar-refractivity contribution in [2.24, 2.45) is 0 Å². The molecule has 3 amide bonds. The molecule has 2 aliphatic carbocycles. The molecule has 5 nitrogen and oxygen atoms in total. The van der Waals surface area contributed by atoms with Gasteiger partial charge in [0.05, 0.1) is 6.54 Å².